The van der Waals surface area contributed by atoms with E-state index >= 15 is 0 Å². The van der Waals surface area contributed by atoms with Crippen LogP contribution in [0.3, 0.4) is 0 Å². The Bertz CT molecular complexity index is 446. The lowest BCUT2D eigenvalue weighted by atomic mass is 9.61. The second-order valence-electron chi connectivity index (χ2n) is 5.89. The van der Waals surface area contributed by atoms with E-state index in [9.17, 15) is 0 Å². The average molecular weight is 257 g/mol. The Morgan fingerprint density at radius 2 is 1.84 bits per heavy atom. The van der Waals surface area contributed by atoms with Crippen molar-refractivity contribution in [3.63, 3.8) is 0 Å². The van der Waals surface area contributed by atoms with Gasteiger partial charge in [0.15, 0.2) is 5.96 Å². The smallest absolute Gasteiger partial charge is 0.188 e. The van der Waals surface area contributed by atoms with Crippen LogP contribution in [0.1, 0.15) is 37.7 Å². The number of aliphatic imine (C=N–C) groups is 1. The molecule has 3 rings (SSSR count). The molecule has 1 heterocycles. The standard InChI is InChI=1S/C16H23N3/c17-15-18-11-14(12-19-15)16(9-5-2-6-10-16)13-7-3-1-4-8-13/h1,3-4,7-8,14H,2,5-6,9-12H2,(H3,17,18,19). The van der Waals surface area contributed by atoms with Gasteiger partial charge in [0.2, 0.25) is 0 Å². The fourth-order valence-electron chi connectivity index (χ4n) is 3.81. The average Bonchev–Trinajstić information content (AvgIpc) is 2.49. The zero-order chi connectivity index (χ0) is 13.1. The van der Waals surface area contributed by atoms with Crippen LogP contribution in [0.2, 0.25) is 0 Å². The molecule has 0 aromatic heterocycles. The van der Waals surface area contributed by atoms with Crippen LogP contribution in [0.25, 0.3) is 0 Å². The molecule has 1 unspecified atom stereocenters. The molecule has 1 atom stereocenters. The first-order valence-electron chi connectivity index (χ1n) is 7.41. The summed E-state index contributed by atoms with van der Waals surface area (Å²) in [5.41, 5.74) is 7.55. The van der Waals surface area contributed by atoms with Gasteiger partial charge in [-0.3, -0.25) is 4.99 Å². The SMILES string of the molecule is NC1=NCC(C2(c3ccccc3)CCCCC2)CN1. The number of guanidine groups is 1. The third kappa shape index (κ3) is 2.34. The summed E-state index contributed by atoms with van der Waals surface area (Å²) in [5, 5.41) is 3.25. The zero-order valence-corrected chi connectivity index (χ0v) is 11.4. The van der Waals surface area contributed by atoms with Gasteiger partial charge in [-0.1, -0.05) is 49.6 Å². The van der Waals surface area contributed by atoms with Crippen LogP contribution in [0.15, 0.2) is 35.3 Å². The van der Waals surface area contributed by atoms with E-state index in [0.29, 0.717) is 17.3 Å². The van der Waals surface area contributed by atoms with Crippen molar-refractivity contribution in [1.29, 1.82) is 0 Å². The predicted octanol–water partition coefficient (Wildman–Crippen LogP) is 2.42. The number of nitrogens with two attached hydrogens (primary N) is 1. The summed E-state index contributed by atoms with van der Waals surface area (Å²) in [7, 11) is 0. The maximum Gasteiger partial charge on any atom is 0.188 e. The Hall–Kier alpha value is -1.51. The Labute approximate surface area is 115 Å². The normalized spacial score (nSPS) is 26.3. The highest BCUT2D eigenvalue weighted by molar-refractivity contribution is 5.78. The molecular weight excluding hydrogens is 234 g/mol. The Kier molecular flexibility index (Phi) is 3.45. The molecule has 0 spiro atoms. The monoisotopic (exact) mass is 257 g/mol. The third-order valence-electron chi connectivity index (χ3n) is 4.89. The Morgan fingerprint density at radius 3 is 2.47 bits per heavy atom. The van der Waals surface area contributed by atoms with Crippen LogP contribution >= 0.6 is 0 Å². The van der Waals surface area contributed by atoms with Gasteiger partial charge in [0.25, 0.3) is 0 Å². The number of rotatable bonds is 2. The van der Waals surface area contributed by atoms with Crippen molar-refractivity contribution in [2.24, 2.45) is 16.6 Å². The molecule has 0 saturated heterocycles. The lowest BCUT2D eigenvalue weighted by Crippen LogP contribution is -2.50. The number of nitrogens with zero attached hydrogens (tertiary/aromatic N) is 1. The molecule has 1 saturated carbocycles. The first-order valence-corrected chi connectivity index (χ1v) is 7.41. The fraction of sp³-hybridized carbons (Fsp3) is 0.562. The van der Waals surface area contributed by atoms with Crippen molar-refractivity contribution < 1.29 is 0 Å². The topological polar surface area (TPSA) is 50.4 Å². The van der Waals surface area contributed by atoms with Gasteiger partial charge in [-0.05, 0) is 18.4 Å². The van der Waals surface area contributed by atoms with Gasteiger partial charge in [0, 0.05) is 24.4 Å². The van der Waals surface area contributed by atoms with E-state index in [1.807, 2.05) is 0 Å². The molecule has 102 valence electrons. The van der Waals surface area contributed by atoms with E-state index in [2.05, 4.69) is 40.6 Å². The highest BCUT2D eigenvalue weighted by Gasteiger charge is 2.41. The third-order valence-corrected chi connectivity index (χ3v) is 4.89. The summed E-state index contributed by atoms with van der Waals surface area (Å²) in [6, 6.07) is 11.0. The molecule has 3 N–H and O–H groups in total. The number of nitrogens with one attached hydrogen (secondary N) is 1. The van der Waals surface area contributed by atoms with Gasteiger partial charge in [-0.15, -0.1) is 0 Å². The van der Waals surface area contributed by atoms with Gasteiger partial charge >= 0.3 is 0 Å². The Morgan fingerprint density at radius 1 is 1.11 bits per heavy atom. The van der Waals surface area contributed by atoms with Crippen molar-refractivity contribution in [2.75, 3.05) is 13.1 Å². The number of hydrogen-bond acceptors (Lipinski definition) is 3. The maximum absolute atomic E-state index is 5.75. The van der Waals surface area contributed by atoms with Crippen LogP contribution in [-0.2, 0) is 5.41 Å². The van der Waals surface area contributed by atoms with Crippen LogP contribution < -0.4 is 11.1 Å². The summed E-state index contributed by atoms with van der Waals surface area (Å²) < 4.78 is 0. The summed E-state index contributed by atoms with van der Waals surface area (Å²) in [4.78, 5) is 4.44. The molecular formula is C16H23N3. The molecule has 0 bridgehead atoms. The van der Waals surface area contributed by atoms with E-state index in [-0.39, 0.29) is 0 Å². The molecule has 3 nitrogen and oxygen atoms in total. The fourth-order valence-corrected chi connectivity index (χ4v) is 3.81. The first-order chi connectivity index (χ1) is 9.31. The van der Waals surface area contributed by atoms with Crippen LogP contribution in [-0.4, -0.2) is 19.0 Å². The summed E-state index contributed by atoms with van der Waals surface area (Å²) in [6.45, 7) is 1.83. The summed E-state index contributed by atoms with van der Waals surface area (Å²) in [6.07, 6.45) is 6.63. The van der Waals surface area contributed by atoms with E-state index < -0.39 is 0 Å². The second-order valence-corrected chi connectivity index (χ2v) is 5.89. The van der Waals surface area contributed by atoms with Crippen molar-refractivity contribution in [1.82, 2.24) is 5.32 Å². The van der Waals surface area contributed by atoms with E-state index in [1.54, 1.807) is 0 Å². The molecule has 1 aliphatic carbocycles. The highest BCUT2D eigenvalue weighted by atomic mass is 15.1. The lowest BCUT2D eigenvalue weighted by Gasteiger charge is -2.45. The molecule has 1 aromatic rings. The van der Waals surface area contributed by atoms with Crippen LogP contribution in [0.4, 0.5) is 0 Å². The van der Waals surface area contributed by atoms with E-state index in [1.165, 1.54) is 37.7 Å². The Balaban J connectivity index is 1.93. The second kappa shape index (κ2) is 5.24. The van der Waals surface area contributed by atoms with Gasteiger partial charge < -0.3 is 11.1 Å². The van der Waals surface area contributed by atoms with E-state index in [0.717, 1.165) is 13.1 Å². The van der Waals surface area contributed by atoms with E-state index in [4.69, 9.17) is 5.73 Å². The minimum absolute atomic E-state index is 0.302. The number of benzene rings is 1. The molecule has 19 heavy (non-hydrogen) atoms. The highest BCUT2D eigenvalue weighted by Crippen LogP contribution is 2.45. The van der Waals surface area contributed by atoms with Crippen molar-refractivity contribution in [2.45, 2.75) is 37.5 Å². The zero-order valence-electron chi connectivity index (χ0n) is 11.4. The molecule has 0 amide bonds. The van der Waals surface area contributed by atoms with Gasteiger partial charge in [0.1, 0.15) is 0 Å². The molecule has 1 aliphatic heterocycles. The largest absolute Gasteiger partial charge is 0.370 e. The summed E-state index contributed by atoms with van der Waals surface area (Å²) >= 11 is 0. The van der Waals surface area contributed by atoms with Gasteiger partial charge in [-0.2, -0.15) is 0 Å². The van der Waals surface area contributed by atoms with Crippen LogP contribution in [0, 0.1) is 5.92 Å². The molecule has 1 fully saturated rings. The van der Waals surface area contributed by atoms with Crippen molar-refractivity contribution in [3.8, 4) is 0 Å². The predicted molar refractivity (Wildman–Crippen MR) is 79.2 cm³/mol. The molecule has 0 radical (unpaired) electrons. The van der Waals surface area contributed by atoms with Crippen LogP contribution in [0.5, 0.6) is 0 Å². The number of hydrogen-bond donors (Lipinski definition) is 2. The minimum atomic E-state index is 0.302. The van der Waals surface area contributed by atoms with Crippen molar-refractivity contribution >= 4 is 5.96 Å². The maximum atomic E-state index is 5.75. The first kappa shape index (κ1) is 12.5. The lowest BCUT2D eigenvalue weighted by molar-refractivity contribution is 0.191. The minimum Gasteiger partial charge on any atom is -0.370 e. The summed E-state index contributed by atoms with van der Waals surface area (Å²) in [5.74, 6) is 1.18. The van der Waals surface area contributed by atoms with Gasteiger partial charge in [0.05, 0.1) is 0 Å². The van der Waals surface area contributed by atoms with Crippen molar-refractivity contribution in [3.05, 3.63) is 35.9 Å². The van der Waals surface area contributed by atoms with Gasteiger partial charge in [-0.25, -0.2) is 0 Å². The molecule has 1 aromatic carbocycles. The molecule has 2 aliphatic rings. The quantitative estimate of drug-likeness (QED) is 0.855. The molecule has 3 heteroatoms.